The van der Waals surface area contributed by atoms with E-state index in [4.69, 9.17) is 4.74 Å². The van der Waals surface area contributed by atoms with Gasteiger partial charge in [0, 0.05) is 24.7 Å². The molecule has 0 fully saturated rings. The van der Waals surface area contributed by atoms with Crippen molar-refractivity contribution in [2.75, 3.05) is 26.8 Å². The van der Waals surface area contributed by atoms with Crippen molar-refractivity contribution in [2.24, 2.45) is 11.3 Å². The zero-order chi connectivity index (χ0) is 15.2. The van der Waals surface area contributed by atoms with E-state index in [0.29, 0.717) is 12.5 Å². The normalized spacial score (nSPS) is 14.6. The van der Waals surface area contributed by atoms with Crippen LogP contribution in [0.3, 0.4) is 0 Å². The Morgan fingerprint density at radius 1 is 1.40 bits per heavy atom. The van der Waals surface area contributed by atoms with Gasteiger partial charge in [-0.3, -0.25) is 0 Å². The number of ether oxygens (including phenoxy) is 1. The molecule has 0 heterocycles. The molecule has 0 spiro atoms. The zero-order valence-corrected chi connectivity index (χ0v) is 14.4. The lowest BCUT2D eigenvalue weighted by Crippen LogP contribution is -2.39. The number of nitrogens with one attached hydrogen (secondary N) is 1. The lowest BCUT2D eigenvalue weighted by atomic mass is 9.74. The van der Waals surface area contributed by atoms with Crippen molar-refractivity contribution in [3.05, 3.63) is 34.1 Å². The minimum absolute atomic E-state index is 0.0163. The van der Waals surface area contributed by atoms with Crippen molar-refractivity contribution in [3.8, 4) is 0 Å². The van der Waals surface area contributed by atoms with Gasteiger partial charge in [-0.15, -0.1) is 0 Å². The lowest BCUT2D eigenvalue weighted by molar-refractivity contribution is 0.174. The Bertz CT molecular complexity index is 425. The third kappa shape index (κ3) is 5.15. The molecule has 0 saturated heterocycles. The van der Waals surface area contributed by atoms with Crippen LogP contribution in [0.4, 0.5) is 4.39 Å². The molecule has 20 heavy (non-hydrogen) atoms. The SMILES string of the molecule is COCCNCC(C)(Cc1ccc(Br)cc1F)C(C)C. The van der Waals surface area contributed by atoms with Crippen LogP contribution in [0.25, 0.3) is 0 Å². The Labute approximate surface area is 130 Å². The Kier molecular flexibility index (Phi) is 7.13. The van der Waals surface area contributed by atoms with Crippen LogP contribution in [0, 0.1) is 17.2 Å². The van der Waals surface area contributed by atoms with E-state index in [9.17, 15) is 4.39 Å². The molecule has 1 rings (SSSR count). The van der Waals surface area contributed by atoms with E-state index in [1.807, 2.05) is 12.1 Å². The van der Waals surface area contributed by atoms with Gasteiger partial charge in [-0.25, -0.2) is 4.39 Å². The van der Waals surface area contributed by atoms with E-state index < -0.39 is 0 Å². The molecule has 1 aromatic rings. The van der Waals surface area contributed by atoms with Crippen molar-refractivity contribution in [1.82, 2.24) is 5.32 Å². The first-order chi connectivity index (χ1) is 9.39. The van der Waals surface area contributed by atoms with Gasteiger partial charge in [0.25, 0.3) is 0 Å². The van der Waals surface area contributed by atoms with E-state index in [1.54, 1.807) is 7.11 Å². The summed E-state index contributed by atoms with van der Waals surface area (Å²) in [5.74, 6) is 0.323. The smallest absolute Gasteiger partial charge is 0.127 e. The van der Waals surface area contributed by atoms with E-state index in [1.165, 1.54) is 6.07 Å². The fraction of sp³-hybridized carbons (Fsp3) is 0.625. The summed E-state index contributed by atoms with van der Waals surface area (Å²) in [6.45, 7) is 8.95. The number of halogens is 2. The number of hydrogen-bond acceptors (Lipinski definition) is 2. The highest BCUT2D eigenvalue weighted by molar-refractivity contribution is 9.10. The molecule has 1 atom stereocenters. The molecule has 0 radical (unpaired) electrons. The monoisotopic (exact) mass is 345 g/mol. The Balaban J connectivity index is 2.74. The topological polar surface area (TPSA) is 21.3 Å². The predicted octanol–water partition coefficient (Wildman–Crippen LogP) is 4.03. The summed E-state index contributed by atoms with van der Waals surface area (Å²) in [5, 5.41) is 3.40. The maximum absolute atomic E-state index is 14.0. The van der Waals surface area contributed by atoms with E-state index >= 15 is 0 Å². The molecular weight excluding hydrogens is 321 g/mol. The summed E-state index contributed by atoms with van der Waals surface area (Å²) in [4.78, 5) is 0. The molecule has 2 nitrogen and oxygen atoms in total. The summed E-state index contributed by atoms with van der Waals surface area (Å²) in [6.07, 6.45) is 0.726. The molecule has 0 aliphatic rings. The van der Waals surface area contributed by atoms with Gasteiger partial charge in [0.1, 0.15) is 5.82 Å². The number of hydrogen-bond donors (Lipinski definition) is 1. The van der Waals surface area contributed by atoms with Gasteiger partial charge in [0.15, 0.2) is 0 Å². The molecular formula is C16H25BrFNO. The second kappa shape index (κ2) is 8.11. The molecule has 0 amide bonds. The summed E-state index contributed by atoms with van der Waals surface area (Å²) < 4.78 is 19.8. The number of methoxy groups -OCH3 is 1. The van der Waals surface area contributed by atoms with E-state index in [0.717, 1.165) is 29.5 Å². The van der Waals surface area contributed by atoms with Crippen LogP contribution in [0.5, 0.6) is 0 Å². The molecule has 0 aliphatic carbocycles. The second-order valence-electron chi connectivity index (χ2n) is 5.89. The van der Waals surface area contributed by atoms with Gasteiger partial charge < -0.3 is 10.1 Å². The standard InChI is InChI=1S/C16H25BrFNO/c1-12(2)16(3,11-19-7-8-20-4)10-13-5-6-14(17)9-15(13)18/h5-6,9,12,19H,7-8,10-11H2,1-4H3. The van der Waals surface area contributed by atoms with Gasteiger partial charge in [-0.1, -0.05) is 42.8 Å². The van der Waals surface area contributed by atoms with Crippen LogP contribution in [-0.4, -0.2) is 26.8 Å². The summed E-state index contributed by atoms with van der Waals surface area (Å²) in [7, 11) is 1.69. The highest BCUT2D eigenvalue weighted by Crippen LogP contribution is 2.32. The first-order valence-corrected chi connectivity index (χ1v) is 7.82. The van der Waals surface area contributed by atoms with Gasteiger partial charge in [0.05, 0.1) is 6.61 Å². The number of rotatable bonds is 8. The molecule has 1 aromatic carbocycles. The van der Waals surface area contributed by atoms with Crippen molar-refractivity contribution in [1.29, 1.82) is 0 Å². The van der Waals surface area contributed by atoms with Crippen LogP contribution in [0.15, 0.2) is 22.7 Å². The Morgan fingerprint density at radius 2 is 2.10 bits per heavy atom. The highest BCUT2D eigenvalue weighted by Gasteiger charge is 2.29. The minimum Gasteiger partial charge on any atom is -0.383 e. The first kappa shape index (κ1) is 17.6. The highest BCUT2D eigenvalue weighted by atomic mass is 79.9. The van der Waals surface area contributed by atoms with Gasteiger partial charge >= 0.3 is 0 Å². The molecule has 4 heteroatoms. The van der Waals surface area contributed by atoms with Gasteiger partial charge in [-0.2, -0.15) is 0 Å². The first-order valence-electron chi connectivity index (χ1n) is 7.02. The van der Waals surface area contributed by atoms with Crippen LogP contribution in [-0.2, 0) is 11.2 Å². The second-order valence-corrected chi connectivity index (χ2v) is 6.81. The third-order valence-electron chi connectivity index (χ3n) is 4.02. The quantitative estimate of drug-likeness (QED) is 0.718. The summed E-state index contributed by atoms with van der Waals surface area (Å²) >= 11 is 3.30. The molecule has 114 valence electrons. The summed E-state index contributed by atoms with van der Waals surface area (Å²) in [5.41, 5.74) is 0.792. The summed E-state index contributed by atoms with van der Waals surface area (Å²) in [6, 6.07) is 5.31. The molecule has 1 unspecified atom stereocenters. The van der Waals surface area contributed by atoms with Crippen molar-refractivity contribution in [2.45, 2.75) is 27.2 Å². The Hall–Kier alpha value is -0.450. The Morgan fingerprint density at radius 3 is 2.65 bits per heavy atom. The number of benzene rings is 1. The maximum Gasteiger partial charge on any atom is 0.127 e. The minimum atomic E-state index is -0.136. The van der Waals surface area contributed by atoms with E-state index in [-0.39, 0.29) is 11.2 Å². The largest absolute Gasteiger partial charge is 0.383 e. The predicted molar refractivity (Wildman–Crippen MR) is 85.5 cm³/mol. The third-order valence-corrected chi connectivity index (χ3v) is 4.51. The molecule has 0 bridgehead atoms. The van der Waals surface area contributed by atoms with Crippen LogP contribution in [0.1, 0.15) is 26.3 Å². The lowest BCUT2D eigenvalue weighted by Gasteiger charge is -2.34. The van der Waals surface area contributed by atoms with Gasteiger partial charge in [0.2, 0.25) is 0 Å². The fourth-order valence-corrected chi connectivity index (χ4v) is 2.45. The van der Waals surface area contributed by atoms with E-state index in [2.05, 4.69) is 42.0 Å². The van der Waals surface area contributed by atoms with Crippen LogP contribution < -0.4 is 5.32 Å². The van der Waals surface area contributed by atoms with Crippen LogP contribution >= 0.6 is 15.9 Å². The van der Waals surface area contributed by atoms with Gasteiger partial charge in [-0.05, 0) is 35.4 Å². The molecule has 0 aromatic heterocycles. The van der Waals surface area contributed by atoms with Crippen molar-refractivity contribution < 1.29 is 9.13 Å². The average Bonchev–Trinajstić information content (AvgIpc) is 2.38. The molecule has 0 saturated carbocycles. The molecule has 0 aliphatic heterocycles. The maximum atomic E-state index is 14.0. The van der Waals surface area contributed by atoms with Crippen molar-refractivity contribution >= 4 is 15.9 Å². The zero-order valence-electron chi connectivity index (χ0n) is 12.8. The van der Waals surface area contributed by atoms with Crippen LogP contribution in [0.2, 0.25) is 0 Å². The van der Waals surface area contributed by atoms with Crippen molar-refractivity contribution in [3.63, 3.8) is 0 Å². The fourth-order valence-electron chi connectivity index (χ4n) is 2.12. The average molecular weight is 346 g/mol. The molecule has 1 N–H and O–H groups in total.